The predicted molar refractivity (Wildman–Crippen MR) is 181 cm³/mol. The Hall–Kier alpha value is -5.53. The van der Waals surface area contributed by atoms with Gasteiger partial charge in [0.15, 0.2) is 0 Å². The van der Waals surface area contributed by atoms with E-state index in [1.165, 1.54) is 82.4 Å². The first kappa shape index (κ1) is 24.1. The highest BCUT2D eigenvalue weighted by Gasteiger charge is 2.24. The van der Waals surface area contributed by atoms with E-state index in [-0.39, 0.29) is 0 Å². The highest BCUT2D eigenvalue weighted by molar-refractivity contribution is 6.25. The van der Waals surface area contributed by atoms with E-state index in [9.17, 15) is 0 Å². The zero-order chi connectivity index (χ0) is 28.3. The van der Waals surface area contributed by atoms with Gasteiger partial charge in [-0.15, -0.1) is 0 Å². The largest absolute Gasteiger partial charge is 0.256 e. The lowest BCUT2D eigenvalue weighted by Crippen LogP contribution is -1.91. The molecule has 7 aromatic carbocycles. The van der Waals surface area contributed by atoms with E-state index in [1.54, 1.807) is 0 Å². The van der Waals surface area contributed by atoms with E-state index in [0.717, 1.165) is 12.1 Å². The predicted octanol–water partition coefficient (Wildman–Crippen LogP) is 11.1. The van der Waals surface area contributed by atoms with Crippen molar-refractivity contribution in [2.75, 3.05) is 0 Å². The highest BCUT2D eigenvalue weighted by atomic mass is 14.7. The molecule has 1 aliphatic rings. The Balaban J connectivity index is 1.17. The van der Waals surface area contributed by atoms with Crippen LogP contribution < -0.4 is 0 Å². The molecule has 0 aliphatic heterocycles. The molecule has 0 bridgehead atoms. The molecule has 0 N–H and O–H groups in total. The van der Waals surface area contributed by atoms with Gasteiger partial charge in [-0.2, -0.15) is 0 Å². The fourth-order valence-corrected chi connectivity index (χ4v) is 7.22. The molecule has 0 saturated carbocycles. The topological polar surface area (TPSA) is 12.9 Å². The van der Waals surface area contributed by atoms with Crippen molar-refractivity contribution in [1.29, 1.82) is 0 Å². The van der Waals surface area contributed by atoms with E-state index in [2.05, 4.69) is 145 Å². The summed E-state index contributed by atoms with van der Waals surface area (Å²) in [4.78, 5) is 4.67. The number of hydrogen-bond donors (Lipinski definition) is 0. The maximum atomic E-state index is 4.67. The van der Waals surface area contributed by atoms with Crippen LogP contribution in [0.1, 0.15) is 11.1 Å². The molecule has 0 unspecified atom stereocenters. The summed E-state index contributed by atoms with van der Waals surface area (Å²) < 4.78 is 0. The second kappa shape index (κ2) is 9.51. The lowest BCUT2D eigenvalue weighted by atomic mass is 9.90. The van der Waals surface area contributed by atoms with E-state index in [0.29, 0.717) is 0 Å². The zero-order valence-corrected chi connectivity index (χ0v) is 23.6. The van der Waals surface area contributed by atoms with Crippen LogP contribution in [0.5, 0.6) is 0 Å². The van der Waals surface area contributed by atoms with Crippen LogP contribution in [0.15, 0.2) is 152 Å². The van der Waals surface area contributed by atoms with Crippen molar-refractivity contribution in [2.45, 2.75) is 6.42 Å². The second-order valence-electron chi connectivity index (χ2n) is 11.5. The first-order valence-corrected chi connectivity index (χ1v) is 14.9. The summed E-state index contributed by atoms with van der Waals surface area (Å²) in [7, 11) is 0. The van der Waals surface area contributed by atoms with Crippen LogP contribution in [0.2, 0.25) is 0 Å². The van der Waals surface area contributed by atoms with Gasteiger partial charge >= 0.3 is 0 Å². The molecule has 1 nitrogen and oxygen atoms in total. The number of nitrogens with zero attached hydrogens (tertiary/aromatic N) is 1. The smallest absolute Gasteiger partial charge is 0.0705 e. The number of benzene rings is 7. The van der Waals surface area contributed by atoms with Crippen LogP contribution in [0.4, 0.5) is 0 Å². The maximum absolute atomic E-state index is 4.67. The van der Waals surface area contributed by atoms with Gasteiger partial charge in [0.25, 0.3) is 0 Å². The van der Waals surface area contributed by atoms with Crippen molar-refractivity contribution in [1.82, 2.24) is 4.98 Å². The summed E-state index contributed by atoms with van der Waals surface area (Å²) in [6.07, 6.45) is 2.79. The van der Waals surface area contributed by atoms with Crippen LogP contribution in [0, 0.1) is 0 Å². The van der Waals surface area contributed by atoms with Gasteiger partial charge in [-0.05, 0) is 108 Å². The van der Waals surface area contributed by atoms with Gasteiger partial charge < -0.3 is 0 Å². The van der Waals surface area contributed by atoms with E-state index in [4.69, 9.17) is 0 Å². The fourth-order valence-electron chi connectivity index (χ4n) is 7.22. The first-order chi connectivity index (χ1) is 21.3. The summed E-state index contributed by atoms with van der Waals surface area (Å²) >= 11 is 0. The van der Waals surface area contributed by atoms with Crippen LogP contribution in [-0.2, 0) is 6.42 Å². The minimum Gasteiger partial charge on any atom is -0.256 e. The third-order valence-corrected chi connectivity index (χ3v) is 9.19. The van der Waals surface area contributed by atoms with Crippen LogP contribution in [-0.4, -0.2) is 4.98 Å². The van der Waals surface area contributed by atoms with E-state index >= 15 is 0 Å². The summed E-state index contributed by atoms with van der Waals surface area (Å²) in [6, 6.07) is 53.2. The lowest BCUT2D eigenvalue weighted by molar-refractivity contribution is 1.24. The van der Waals surface area contributed by atoms with Gasteiger partial charge in [-0.1, -0.05) is 121 Å². The number of pyridine rings is 1. The fraction of sp³-hybridized carbons (Fsp3) is 0.0238. The number of aromatic nitrogens is 1. The Morgan fingerprint density at radius 3 is 1.58 bits per heavy atom. The molecule has 1 heterocycles. The summed E-state index contributed by atoms with van der Waals surface area (Å²) in [5, 5.41) is 7.83. The van der Waals surface area contributed by atoms with E-state index in [1.807, 2.05) is 12.3 Å². The van der Waals surface area contributed by atoms with Crippen LogP contribution >= 0.6 is 0 Å². The molecule has 200 valence electrons. The maximum Gasteiger partial charge on any atom is 0.0705 e. The average Bonchev–Trinajstić information content (AvgIpc) is 3.48. The van der Waals surface area contributed by atoms with Gasteiger partial charge in [0, 0.05) is 11.8 Å². The highest BCUT2D eigenvalue weighted by Crippen LogP contribution is 2.45. The molecule has 1 aliphatic carbocycles. The van der Waals surface area contributed by atoms with E-state index < -0.39 is 0 Å². The van der Waals surface area contributed by atoms with Crippen molar-refractivity contribution < 1.29 is 0 Å². The molecule has 0 amide bonds. The SMILES string of the molecule is c1ccc(-c2cccc3c2Cc2c(-c4cccc(-c5ccc6c7ccccc7c7ccccc7c6c5)c4)cccc2-3)nc1. The molecule has 0 fully saturated rings. The van der Waals surface area contributed by atoms with Gasteiger partial charge in [-0.3, -0.25) is 4.98 Å². The van der Waals surface area contributed by atoms with Gasteiger partial charge in [0.2, 0.25) is 0 Å². The molecule has 9 rings (SSSR count). The summed E-state index contributed by atoms with van der Waals surface area (Å²) in [6.45, 7) is 0. The van der Waals surface area contributed by atoms with Crippen molar-refractivity contribution in [3.05, 3.63) is 163 Å². The number of hydrogen-bond acceptors (Lipinski definition) is 1. The standard InChI is InChI=1S/C42H27N/c1-2-14-33-31(12-1)32-13-3-4-15-34(32)39-25-28(21-22-37(33)39)27-10-7-11-29(24-27)30-16-8-17-35-36-18-9-19-38(41(36)26-40(30)35)42-20-5-6-23-43-42/h1-25H,26H2. The molecule has 0 spiro atoms. The molecular formula is C42H27N. The monoisotopic (exact) mass is 545 g/mol. The first-order valence-electron chi connectivity index (χ1n) is 14.9. The van der Waals surface area contributed by atoms with Gasteiger partial charge in [-0.25, -0.2) is 0 Å². The van der Waals surface area contributed by atoms with Crippen molar-refractivity contribution in [3.8, 4) is 44.6 Å². The summed E-state index contributed by atoms with van der Waals surface area (Å²) in [5.41, 5.74) is 12.7. The number of fused-ring (bicyclic) bond motifs is 9. The lowest BCUT2D eigenvalue weighted by Gasteiger charge is -2.13. The molecule has 0 saturated heterocycles. The Bertz CT molecular complexity index is 2330. The molecule has 43 heavy (non-hydrogen) atoms. The molecule has 1 heteroatoms. The molecule has 0 atom stereocenters. The van der Waals surface area contributed by atoms with Crippen molar-refractivity contribution in [3.63, 3.8) is 0 Å². The molecule has 0 radical (unpaired) electrons. The normalized spacial score (nSPS) is 12.1. The second-order valence-corrected chi connectivity index (χ2v) is 11.5. The summed E-state index contributed by atoms with van der Waals surface area (Å²) in [5.74, 6) is 0. The van der Waals surface area contributed by atoms with Crippen molar-refractivity contribution in [2.24, 2.45) is 0 Å². The average molecular weight is 546 g/mol. The molecule has 1 aromatic heterocycles. The molecular weight excluding hydrogens is 518 g/mol. The minimum atomic E-state index is 0.910. The third-order valence-electron chi connectivity index (χ3n) is 9.19. The van der Waals surface area contributed by atoms with Crippen LogP contribution in [0.3, 0.4) is 0 Å². The Morgan fingerprint density at radius 2 is 0.884 bits per heavy atom. The van der Waals surface area contributed by atoms with Crippen LogP contribution in [0.25, 0.3) is 77.0 Å². The van der Waals surface area contributed by atoms with Gasteiger partial charge in [0.05, 0.1) is 5.69 Å². The Kier molecular flexibility index (Phi) is 5.33. The third kappa shape index (κ3) is 3.75. The van der Waals surface area contributed by atoms with Crippen molar-refractivity contribution >= 4 is 32.3 Å². The Labute approximate surface area is 250 Å². The quantitative estimate of drug-likeness (QED) is 0.201. The Morgan fingerprint density at radius 1 is 0.349 bits per heavy atom. The van der Waals surface area contributed by atoms with Gasteiger partial charge in [0.1, 0.15) is 0 Å². The number of rotatable bonds is 3. The minimum absolute atomic E-state index is 0.910. The molecule has 8 aromatic rings. The zero-order valence-electron chi connectivity index (χ0n) is 23.6.